The Morgan fingerprint density at radius 3 is 2.66 bits per heavy atom. The lowest BCUT2D eigenvalue weighted by molar-refractivity contribution is -0.134. The van der Waals surface area contributed by atoms with E-state index in [2.05, 4.69) is 27.6 Å². The molecule has 0 bridgehead atoms. The van der Waals surface area contributed by atoms with Gasteiger partial charge in [-0.2, -0.15) is 0 Å². The van der Waals surface area contributed by atoms with Crippen LogP contribution in [0, 0.1) is 3.57 Å². The van der Waals surface area contributed by atoms with Crippen molar-refractivity contribution in [1.29, 1.82) is 0 Å². The number of hydrogen-bond donors (Lipinski definition) is 0. The lowest BCUT2D eigenvalue weighted by Gasteiger charge is -2.12. The number of hydrogen-bond acceptors (Lipinski definition) is 6. The molecule has 0 saturated heterocycles. The summed E-state index contributed by atoms with van der Waals surface area (Å²) in [7, 11) is 1.50. The number of carbonyl (C=O) groups is 2. The molecule has 0 radical (unpaired) electrons. The average Bonchev–Trinajstić information content (AvgIpc) is 3.15. The molecule has 0 spiro atoms. The van der Waals surface area contributed by atoms with Crippen molar-refractivity contribution in [3.63, 3.8) is 0 Å². The molecule has 7 heteroatoms. The predicted octanol–water partition coefficient (Wildman–Crippen LogP) is 5.50. The molecule has 4 rings (SSSR count). The van der Waals surface area contributed by atoms with Crippen LogP contribution < -0.4 is 9.47 Å². The van der Waals surface area contributed by atoms with Gasteiger partial charge in [-0.25, -0.2) is 9.79 Å². The number of aliphatic imine (C=N–C) groups is 1. The zero-order valence-corrected chi connectivity index (χ0v) is 19.7. The monoisotopic (exact) mass is 541 g/mol. The third kappa shape index (κ3) is 4.67. The highest BCUT2D eigenvalue weighted by Gasteiger charge is 2.25. The molecule has 1 aliphatic heterocycles. The fourth-order valence-electron chi connectivity index (χ4n) is 3.30. The first-order valence-electron chi connectivity index (χ1n) is 10.1. The number of fused-ring (bicyclic) bond motifs is 1. The summed E-state index contributed by atoms with van der Waals surface area (Å²) in [6.45, 7) is 1.91. The van der Waals surface area contributed by atoms with E-state index in [1.54, 1.807) is 18.2 Å². The lowest BCUT2D eigenvalue weighted by Crippen LogP contribution is -2.09. The van der Waals surface area contributed by atoms with E-state index in [1.807, 2.05) is 49.4 Å². The Bertz CT molecular complexity index is 1280. The molecule has 3 aromatic rings. The van der Waals surface area contributed by atoms with Crippen molar-refractivity contribution in [2.24, 2.45) is 4.99 Å². The quantitative estimate of drug-likeness (QED) is 0.178. The Morgan fingerprint density at radius 1 is 1.12 bits per heavy atom. The molecular formula is C25H20INO5. The van der Waals surface area contributed by atoms with E-state index in [0.717, 1.165) is 16.3 Å². The second-order valence-corrected chi connectivity index (χ2v) is 8.32. The summed E-state index contributed by atoms with van der Waals surface area (Å²) in [5.74, 6) is 0.180. The minimum Gasteiger partial charge on any atom is -0.493 e. The van der Waals surface area contributed by atoms with Crippen LogP contribution in [0.25, 0.3) is 16.8 Å². The molecule has 0 fully saturated rings. The topological polar surface area (TPSA) is 74.2 Å². The molecule has 0 aliphatic carbocycles. The van der Waals surface area contributed by atoms with Gasteiger partial charge in [-0.1, -0.05) is 37.3 Å². The SMILES string of the molecule is CCCC(=O)Oc1c(I)cc(/C=C2\N=C(c3ccc4ccccc4c3)OC2=O)cc1OC. The highest BCUT2D eigenvalue weighted by atomic mass is 127. The molecule has 0 N–H and O–H groups in total. The van der Waals surface area contributed by atoms with E-state index < -0.39 is 5.97 Å². The molecule has 0 amide bonds. The zero-order valence-electron chi connectivity index (χ0n) is 17.6. The molecule has 1 heterocycles. The summed E-state index contributed by atoms with van der Waals surface area (Å²) in [6.07, 6.45) is 2.64. The van der Waals surface area contributed by atoms with Gasteiger partial charge in [0.05, 0.1) is 10.7 Å². The molecule has 3 aromatic carbocycles. The molecular weight excluding hydrogens is 521 g/mol. The van der Waals surface area contributed by atoms with E-state index in [-0.39, 0.29) is 17.6 Å². The maximum Gasteiger partial charge on any atom is 0.363 e. The van der Waals surface area contributed by atoms with Crippen LogP contribution in [0.2, 0.25) is 0 Å². The Labute approximate surface area is 199 Å². The number of ether oxygens (including phenoxy) is 3. The highest BCUT2D eigenvalue weighted by Crippen LogP contribution is 2.35. The van der Waals surface area contributed by atoms with Crippen LogP contribution in [0.4, 0.5) is 0 Å². The maximum absolute atomic E-state index is 12.4. The number of esters is 2. The van der Waals surface area contributed by atoms with Crippen molar-refractivity contribution in [3.05, 3.63) is 75.0 Å². The number of methoxy groups -OCH3 is 1. The fourth-order valence-corrected chi connectivity index (χ4v) is 4.04. The summed E-state index contributed by atoms with van der Waals surface area (Å²) in [4.78, 5) is 28.8. The van der Waals surface area contributed by atoms with Crippen LogP contribution in [0.3, 0.4) is 0 Å². The molecule has 32 heavy (non-hydrogen) atoms. The second-order valence-electron chi connectivity index (χ2n) is 7.16. The summed E-state index contributed by atoms with van der Waals surface area (Å²) in [5, 5.41) is 2.13. The first-order valence-corrected chi connectivity index (χ1v) is 11.2. The molecule has 0 aromatic heterocycles. The summed E-state index contributed by atoms with van der Waals surface area (Å²) in [6, 6.07) is 17.2. The summed E-state index contributed by atoms with van der Waals surface area (Å²) >= 11 is 2.07. The summed E-state index contributed by atoms with van der Waals surface area (Å²) in [5.41, 5.74) is 1.59. The van der Waals surface area contributed by atoms with Gasteiger partial charge in [-0.05, 0) is 75.7 Å². The first-order chi connectivity index (χ1) is 15.5. The number of halogens is 1. The Hall–Kier alpha value is -3.20. The van der Waals surface area contributed by atoms with Crippen LogP contribution in [-0.4, -0.2) is 24.9 Å². The van der Waals surface area contributed by atoms with E-state index in [0.29, 0.717) is 33.5 Å². The second kappa shape index (κ2) is 9.52. The largest absolute Gasteiger partial charge is 0.493 e. The smallest absolute Gasteiger partial charge is 0.363 e. The van der Waals surface area contributed by atoms with Crippen LogP contribution >= 0.6 is 22.6 Å². The molecule has 0 saturated carbocycles. The van der Waals surface area contributed by atoms with E-state index in [9.17, 15) is 9.59 Å². The number of rotatable bonds is 6. The highest BCUT2D eigenvalue weighted by molar-refractivity contribution is 14.1. The molecule has 162 valence electrons. The number of carbonyl (C=O) groups excluding carboxylic acids is 2. The average molecular weight is 541 g/mol. The number of benzene rings is 3. The van der Waals surface area contributed by atoms with Gasteiger partial charge in [-0.15, -0.1) is 0 Å². The number of nitrogens with zero attached hydrogens (tertiary/aromatic N) is 1. The van der Waals surface area contributed by atoms with Crippen molar-refractivity contribution >= 4 is 57.3 Å². The van der Waals surface area contributed by atoms with Crippen LogP contribution in [-0.2, 0) is 14.3 Å². The van der Waals surface area contributed by atoms with Gasteiger partial charge in [0.25, 0.3) is 0 Å². The summed E-state index contributed by atoms with van der Waals surface area (Å²) < 4.78 is 17.0. The van der Waals surface area contributed by atoms with Crippen molar-refractivity contribution in [2.75, 3.05) is 7.11 Å². The van der Waals surface area contributed by atoms with Gasteiger partial charge in [0.15, 0.2) is 17.2 Å². The standard InChI is InChI=1S/C25H20INO5/c1-3-6-22(28)31-23-19(26)11-15(13-21(23)30-2)12-20-25(29)32-24(27-20)18-10-9-16-7-4-5-8-17(16)14-18/h4-5,7-14H,3,6H2,1-2H3/b20-12-. The first kappa shape index (κ1) is 22.0. The minimum absolute atomic E-state index is 0.182. The van der Waals surface area contributed by atoms with E-state index >= 15 is 0 Å². The Balaban J connectivity index is 1.65. The third-order valence-electron chi connectivity index (χ3n) is 4.84. The van der Waals surface area contributed by atoms with Crippen molar-refractivity contribution < 1.29 is 23.8 Å². The maximum atomic E-state index is 12.4. The normalized spacial score (nSPS) is 14.4. The van der Waals surface area contributed by atoms with Crippen LogP contribution in [0.1, 0.15) is 30.9 Å². The molecule has 1 aliphatic rings. The van der Waals surface area contributed by atoms with E-state index in [4.69, 9.17) is 14.2 Å². The van der Waals surface area contributed by atoms with Gasteiger partial charge >= 0.3 is 11.9 Å². The van der Waals surface area contributed by atoms with E-state index in [1.165, 1.54) is 7.11 Å². The lowest BCUT2D eigenvalue weighted by atomic mass is 10.1. The molecule has 0 unspecified atom stereocenters. The van der Waals surface area contributed by atoms with Gasteiger partial charge in [0.1, 0.15) is 0 Å². The zero-order chi connectivity index (χ0) is 22.7. The Morgan fingerprint density at radius 2 is 1.91 bits per heavy atom. The van der Waals surface area contributed by atoms with Crippen LogP contribution in [0.5, 0.6) is 11.5 Å². The van der Waals surface area contributed by atoms with Gasteiger partial charge < -0.3 is 14.2 Å². The van der Waals surface area contributed by atoms with Gasteiger partial charge in [0, 0.05) is 12.0 Å². The molecule has 6 nitrogen and oxygen atoms in total. The minimum atomic E-state index is -0.527. The van der Waals surface area contributed by atoms with Crippen molar-refractivity contribution in [1.82, 2.24) is 0 Å². The predicted molar refractivity (Wildman–Crippen MR) is 131 cm³/mol. The fraction of sp³-hybridized carbons (Fsp3) is 0.160. The Kier molecular flexibility index (Phi) is 6.55. The van der Waals surface area contributed by atoms with Gasteiger partial charge in [0.2, 0.25) is 5.90 Å². The van der Waals surface area contributed by atoms with Crippen LogP contribution in [0.15, 0.2) is 65.3 Å². The molecule has 0 atom stereocenters. The van der Waals surface area contributed by atoms with Gasteiger partial charge in [-0.3, -0.25) is 4.79 Å². The number of cyclic esters (lactones) is 1. The third-order valence-corrected chi connectivity index (χ3v) is 5.64. The van der Waals surface area contributed by atoms with Crippen molar-refractivity contribution in [3.8, 4) is 11.5 Å². The van der Waals surface area contributed by atoms with Crippen molar-refractivity contribution in [2.45, 2.75) is 19.8 Å².